The maximum absolute atomic E-state index is 12.0. The minimum atomic E-state index is -0.824. The summed E-state index contributed by atoms with van der Waals surface area (Å²) in [6, 6.07) is -0.195. The zero-order valence-electron chi connectivity index (χ0n) is 12.5. The number of aliphatic carboxylic acids is 1. The highest BCUT2D eigenvalue weighted by Gasteiger charge is 2.29. The maximum atomic E-state index is 12.0. The van der Waals surface area contributed by atoms with Crippen molar-refractivity contribution in [1.29, 1.82) is 0 Å². The van der Waals surface area contributed by atoms with Crippen molar-refractivity contribution in [2.45, 2.75) is 39.0 Å². The second-order valence-electron chi connectivity index (χ2n) is 5.12. The van der Waals surface area contributed by atoms with E-state index in [1.165, 1.54) is 0 Å². The van der Waals surface area contributed by atoms with Crippen LogP contribution in [0.25, 0.3) is 0 Å². The van der Waals surface area contributed by atoms with Gasteiger partial charge in [0, 0.05) is 26.1 Å². The molecule has 7 nitrogen and oxygen atoms in total. The first kappa shape index (κ1) is 17.3. The predicted molar refractivity (Wildman–Crippen MR) is 75.8 cm³/mol. The lowest BCUT2D eigenvalue weighted by atomic mass is 9.98. The van der Waals surface area contributed by atoms with Crippen molar-refractivity contribution >= 4 is 18.0 Å². The topological polar surface area (TPSA) is 95.9 Å². The Balaban J connectivity index is 2.27. The van der Waals surface area contributed by atoms with Crippen molar-refractivity contribution in [1.82, 2.24) is 10.2 Å². The van der Waals surface area contributed by atoms with Crippen LogP contribution in [0.2, 0.25) is 0 Å². The van der Waals surface area contributed by atoms with E-state index in [0.717, 1.165) is 12.8 Å². The molecular formula is C14H24N2O5. The number of urea groups is 1. The Kier molecular flexibility index (Phi) is 7.56. The fourth-order valence-corrected chi connectivity index (χ4v) is 2.32. The number of hydrogen-bond acceptors (Lipinski definition) is 4. The Labute approximate surface area is 124 Å². The molecule has 21 heavy (non-hydrogen) atoms. The van der Waals surface area contributed by atoms with Gasteiger partial charge in [0.25, 0.3) is 0 Å². The molecule has 0 saturated carbocycles. The second kappa shape index (κ2) is 9.20. The molecule has 1 aliphatic heterocycles. The van der Waals surface area contributed by atoms with Crippen LogP contribution < -0.4 is 5.32 Å². The van der Waals surface area contributed by atoms with Gasteiger partial charge < -0.3 is 20.1 Å². The van der Waals surface area contributed by atoms with Crippen LogP contribution in [0.15, 0.2) is 0 Å². The molecule has 1 heterocycles. The van der Waals surface area contributed by atoms with Gasteiger partial charge in [0.15, 0.2) is 0 Å². The normalized spacial score (nSPS) is 18.1. The zero-order chi connectivity index (χ0) is 15.7. The first-order valence-electron chi connectivity index (χ1n) is 7.45. The van der Waals surface area contributed by atoms with Gasteiger partial charge in [0.05, 0.1) is 12.5 Å². The lowest BCUT2D eigenvalue weighted by Crippen LogP contribution is -2.47. The molecule has 0 aliphatic carbocycles. The van der Waals surface area contributed by atoms with Crippen LogP contribution in [-0.4, -0.2) is 54.2 Å². The van der Waals surface area contributed by atoms with Crippen molar-refractivity contribution in [3.8, 4) is 0 Å². The number of carbonyl (C=O) groups excluding carboxylic acids is 2. The fraction of sp³-hybridized carbons (Fsp3) is 0.786. The third-order valence-electron chi connectivity index (χ3n) is 3.42. The van der Waals surface area contributed by atoms with E-state index < -0.39 is 5.97 Å². The molecule has 7 heteroatoms. The minimum absolute atomic E-state index is 0.116. The molecule has 0 bridgehead atoms. The lowest BCUT2D eigenvalue weighted by Gasteiger charge is -2.31. The molecule has 1 aliphatic rings. The van der Waals surface area contributed by atoms with Gasteiger partial charge in [-0.05, 0) is 32.6 Å². The summed E-state index contributed by atoms with van der Waals surface area (Å²) >= 11 is 0. The quantitative estimate of drug-likeness (QED) is 0.544. The molecule has 120 valence electrons. The summed E-state index contributed by atoms with van der Waals surface area (Å²) in [4.78, 5) is 35.6. The Morgan fingerprint density at radius 2 is 2.10 bits per heavy atom. The number of esters is 1. The molecule has 0 spiro atoms. The Hall–Kier alpha value is -1.79. The molecule has 1 fully saturated rings. The number of carboxylic acid groups (broad SMARTS) is 1. The summed E-state index contributed by atoms with van der Waals surface area (Å²) in [5, 5.41) is 11.3. The standard InChI is InChI=1S/C14H24N2O5/c1-2-21-13(19)11-6-5-9-16(10-11)14(20)15-8-4-3-7-12(17)18/h11H,2-10H2,1H3,(H,15,20)(H,17,18). The second-order valence-corrected chi connectivity index (χ2v) is 5.12. The number of ether oxygens (including phenoxy) is 1. The number of likely N-dealkylation sites (tertiary alicyclic amines) is 1. The fourth-order valence-electron chi connectivity index (χ4n) is 2.32. The SMILES string of the molecule is CCOC(=O)C1CCCN(C(=O)NCCCCC(=O)O)C1. The maximum Gasteiger partial charge on any atom is 0.317 e. The Morgan fingerprint density at radius 3 is 2.76 bits per heavy atom. The van der Waals surface area contributed by atoms with Gasteiger partial charge in [0.2, 0.25) is 0 Å². The number of hydrogen-bond donors (Lipinski definition) is 2. The monoisotopic (exact) mass is 300 g/mol. The van der Waals surface area contributed by atoms with Gasteiger partial charge in [-0.3, -0.25) is 9.59 Å². The average Bonchev–Trinajstić information content (AvgIpc) is 2.46. The van der Waals surface area contributed by atoms with Crippen molar-refractivity contribution in [3.63, 3.8) is 0 Å². The third kappa shape index (κ3) is 6.46. The van der Waals surface area contributed by atoms with Crippen LogP contribution in [0, 0.1) is 5.92 Å². The van der Waals surface area contributed by atoms with Crippen LogP contribution in [-0.2, 0) is 14.3 Å². The van der Waals surface area contributed by atoms with Crippen LogP contribution in [0.3, 0.4) is 0 Å². The Morgan fingerprint density at radius 1 is 1.33 bits per heavy atom. The van der Waals surface area contributed by atoms with Crippen LogP contribution in [0.1, 0.15) is 39.0 Å². The van der Waals surface area contributed by atoms with Crippen molar-refractivity contribution < 1.29 is 24.2 Å². The molecule has 0 aromatic rings. The largest absolute Gasteiger partial charge is 0.481 e. The number of rotatable bonds is 7. The summed E-state index contributed by atoms with van der Waals surface area (Å²) in [7, 11) is 0. The molecule has 1 saturated heterocycles. The third-order valence-corrected chi connectivity index (χ3v) is 3.42. The van der Waals surface area contributed by atoms with Gasteiger partial charge in [-0.2, -0.15) is 0 Å². The number of carbonyl (C=O) groups is 3. The van der Waals surface area contributed by atoms with E-state index in [0.29, 0.717) is 39.1 Å². The molecular weight excluding hydrogens is 276 g/mol. The molecule has 0 radical (unpaired) electrons. The minimum Gasteiger partial charge on any atom is -0.481 e. The summed E-state index contributed by atoms with van der Waals surface area (Å²) in [5.74, 6) is -1.30. The molecule has 1 atom stereocenters. The summed E-state index contributed by atoms with van der Waals surface area (Å²) in [5.41, 5.74) is 0. The number of unbranched alkanes of at least 4 members (excludes halogenated alkanes) is 1. The number of amides is 2. The molecule has 2 N–H and O–H groups in total. The molecule has 2 amide bonds. The number of nitrogens with one attached hydrogen (secondary N) is 1. The van der Waals surface area contributed by atoms with Crippen LogP contribution in [0.4, 0.5) is 4.79 Å². The van der Waals surface area contributed by atoms with Gasteiger partial charge in [0.1, 0.15) is 0 Å². The van der Waals surface area contributed by atoms with Gasteiger partial charge in [-0.1, -0.05) is 0 Å². The first-order valence-corrected chi connectivity index (χ1v) is 7.45. The highest BCUT2D eigenvalue weighted by molar-refractivity contribution is 5.77. The van der Waals surface area contributed by atoms with E-state index >= 15 is 0 Å². The van der Waals surface area contributed by atoms with Crippen molar-refractivity contribution in [2.75, 3.05) is 26.2 Å². The van der Waals surface area contributed by atoms with Crippen molar-refractivity contribution in [3.05, 3.63) is 0 Å². The molecule has 1 unspecified atom stereocenters. The highest BCUT2D eigenvalue weighted by atomic mass is 16.5. The van der Waals surface area contributed by atoms with Gasteiger partial charge >= 0.3 is 18.0 Å². The summed E-state index contributed by atoms with van der Waals surface area (Å²) in [6.45, 7) is 3.59. The van der Waals surface area contributed by atoms with E-state index in [1.54, 1.807) is 11.8 Å². The van der Waals surface area contributed by atoms with Crippen molar-refractivity contribution in [2.24, 2.45) is 5.92 Å². The molecule has 1 rings (SSSR count). The smallest absolute Gasteiger partial charge is 0.317 e. The number of carboxylic acids is 1. The highest BCUT2D eigenvalue weighted by Crippen LogP contribution is 2.17. The zero-order valence-corrected chi connectivity index (χ0v) is 12.5. The van der Waals surface area contributed by atoms with E-state index in [9.17, 15) is 14.4 Å². The summed E-state index contributed by atoms with van der Waals surface area (Å²) < 4.78 is 4.99. The van der Waals surface area contributed by atoms with Gasteiger partial charge in [-0.25, -0.2) is 4.79 Å². The van der Waals surface area contributed by atoms with E-state index in [4.69, 9.17) is 9.84 Å². The average molecular weight is 300 g/mol. The van der Waals surface area contributed by atoms with E-state index in [2.05, 4.69) is 5.32 Å². The number of nitrogens with zero attached hydrogens (tertiary/aromatic N) is 1. The van der Waals surface area contributed by atoms with Crippen LogP contribution >= 0.6 is 0 Å². The van der Waals surface area contributed by atoms with Gasteiger partial charge in [-0.15, -0.1) is 0 Å². The van der Waals surface area contributed by atoms with E-state index in [1.807, 2.05) is 0 Å². The van der Waals surface area contributed by atoms with Crippen LogP contribution in [0.5, 0.6) is 0 Å². The Bertz CT molecular complexity index is 372. The molecule has 0 aromatic heterocycles. The molecule has 0 aromatic carbocycles. The number of piperidine rings is 1. The first-order chi connectivity index (χ1) is 10.0. The summed E-state index contributed by atoms with van der Waals surface area (Å²) in [6.07, 6.45) is 2.83. The predicted octanol–water partition coefficient (Wildman–Crippen LogP) is 1.23. The van der Waals surface area contributed by atoms with E-state index in [-0.39, 0.29) is 24.3 Å². The lowest BCUT2D eigenvalue weighted by molar-refractivity contribution is -0.149.